The molecule has 122 valence electrons. The van der Waals surface area contributed by atoms with Crippen molar-refractivity contribution < 1.29 is 4.79 Å². The van der Waals surface area contributed by atoms with E-state index in [1.165, 1.54) is 12.8 Å². The van der Waals surface area contributed by atoms with Crippen molar-refractivity contribution in [1.82, 2.24) is 4.57 Å². The van der Waals surface area contributed by atoms with Crippen molar-refractivity contribution in [2.24, 2.45) is 11.7 Å². The van der Waals surface area contributed by atoms with Crippen molar-refractivity contribution in [3.63, 3.8) is 0 Å². The molecule has 0 spiro atoms. The molecule has 24 heavy (non-hydrogen) atoms. The van der Waals surface area contributed by atoms with Crippen molar-refractivity contribution in [2.45, 2.75) is 25.8 Å². The fourth-order valence-electron chi connectivity index (χ4n) is 3.41. The Morgan fingerprint density at radius 2 is 1.92 bits per heavy atom. The van der Waals surface area contributed by atoms with Crippen LogP contribution in [0.15, 0.2) is 48.5 Å². The molecule has 1 aliphatic rings. The molecule has 2 aromatic carbocycles. The number of hydrogen-bond acceptors (Lipinski definition) is 1. The second-order valence-corrected chi connectivity index (χ2v) is 7.01. The number of carbonyl (C=O) groups excluding carboxylic acids is 1. The van der Waals surface area contributed by atoms with Gasteiger partial charge in [0.05, 0.1) is 0 Å². The van der Waals surface area contributed by atoms with Gasteiger partial charge in [0.1, 0.15) is 5.69 Å². The highest BCUT2D eigenvalue weighted by Gasteiger charge is 2.27. The van der Waals surface area contributed by atoms with E-state index in [0.717, 1.165) is 28.6 Å². The van der Waals surface area contributed by atoms with Crippen LogP contribution in [0.4, 0.5) is 0 Å². The summed E-state index contributed by atoms with van der Waals surface area (Å²) in [7, 11) is 0. The third-order valence-electron chi connectivity index (χ3n) is 4.73. The van der Waals surface area contributed by atoms with Crippen LogP contribution in [0.1, 0.15) is 34.5 Å². The fourth-order valence-corrected chi connectivity index (χ4v) is 3.58. The smallest absolute Gasteiger partial charge is 0.265 e. The number of nitrogens with two attached hydrogens (primary N) is 1. The zero-order valence-electron chi connectivity index (χ0n) is 13.3. The molecular weight excluding hydrogens is 320 g/mol. The molecule has 4 rings (SSSR count). The quantitative estimate of drug-likeness (QED) is 0.736. The Labute approximate surface area is 146 Å². The van der Waals surface area contributed by atoms with Crippen LogP contribution in [0, 0.1) is 5.92 Å². The lowest BCUT2D eigenvalue weighted by molar-refractivity contribution is 0.0990. The minimum Gasteiger partial charge on any atom is -0.364 e. The van der Waals surface area contributed by atoms with E-state index in [-0.39, 0.29) is 5.91 Å². The largest absolute Gasteiger partial charge is 0.364 e. The number of amides is 1. The number of carbonyl (C=O) groups is 1. The van der Waals surface area contributed by atoms with Gasteiger partial charge in [-0.1, -0.05) is 41.9 Å². The molecule has 0 unspecified atom stereocenters. The van der Waals surface area contributed by atoms with Crippen LogP contribution in [0.2, 0.25) is 5.02 Å². The van der Waals surface area contributed by atoms with E-state index in [9.17, 15) is 4.79 Å². The molecule has 0 atom stereocenters. The molecule has 2 N–H and O–H groups in total. The number of rotatable bonds is 5. The molecule has 3 nitrogen and oxygen atoms in total. The Kier molecular flexibility index (Phi) is 3.81. The summed E-state index contributed by atoms with van der Waals surface area (Å²) in [5.41, 5.74) is 9.59. The van der Waals surface area contributed by atoms with Gasteiger partial charge in [-0.15, -0.1) is 0 Å². The number of primary amides is 1. The predicted molar refractivity (Wildman–Crippen MR) is 97.4 cm³/mol. The Morgan fingerprint density at radius 1 is 1.17 bits per heavy atom. The van der Waals surface area contributed by atoms with E-state index in [4.69, 9.17) is 17.3 Å². The summed E-state index contributed by atoms with van der Waals surface area (Å²) in [5.74, 6) is 0.285. The third-order valence-corrected chi connectivity index (χ3v) is 4.96. The summed E-state index contributed by atoms with van der Waals surface area (Å²) in [5, 5.41) is 1.71. The van der Waals surface area contributed by atoms with Gasteiger partial charge in [-0.3, -0.25) is 4.79 Å². The van der Waals surface area contributed by atoms with Crippen molar-refractivity contribution in [3.05, 3.63) is 70.4 Å². The van der Waals surface area contributed by atoms with Crippen molar-refractivity contribution in [1.29, 1.82) is 0 Å². The standard InChI is InChI=1S/C20H19ClN2O/c21-15-8-9-18-16(11-15)17(10-13-4-2-1-3-5-13)19(20(22)24)23(18)12-14-6-7-14/h1-5,8-9,11,14H,6-7,10,12H2,(H2,22,24). The minimum absolute atomic E-state index is 0.367. The van der Waals surface area contributed by atoms with Gasteiger partial charge < -0.3 is 10.3 Å². The Balaban J connectivity index is 1.93. The third kappa shape index (κ3) is 2.80. The van der Waals surface area contributed by atoms with Crippen LogP contribution in [0.25, 0.3) is 10.9 Å². The first kappa shape index (κ1) is 15.3. The fraction of sp³-hybridized carbons (Fsp3) is 0.250. The van der Waals surface area contributed by atoms with E-state index in [1.54, 1.807) is 0 Å². The monoisotopic (exact) mass is 338 g/mol. The second-order valence-electron chi connectivity index (χ2n) is 6.57. The molecule has 1 aromatic heterocycles. The summed E-state index contributed by atoms with van der Waals surface area (Å²) in [6.07, 6.45) is 3.12. The second kappa shape index (κ2) is 5.99. The summed E-state index contributed by atoms with van der Waals surface area (Å²) in [6.45, 7) is 0.852. The van der Waals surface area contributed by atoms with E-state index in [1.807, 2.05) is 36.4 Å². The molecule has 4 heteroatoms. The molecule has 0 radical (unpaired) electrons. The van der Waals surface area contributed by atoms with Crippen LogP contribution < -0.4 is 5.73 Å². The van der Waals surface area contributed by atoms with Gasteiger partial charge in [-0.2, -0.15) is 0 Å². The van der Waals surface area contributed by atoms with Crippen LogP contribution in [-0.2, 0) is 13.0 Å². The normalized spacial score (nSPS) is 14.2. The number of fused-ring (bicyclic) bond motifs is 1. The molecule has 3 aromatic rings. The highest BCUT2D eigenvalue weighted by molar-refractivity contribution is 6.31. The summed E-state index contributed by atoms with van der Waals surface area (Å²) in [6, 6.07) is 16.0. The molecule has 1 heterocycles. The van der Waals surface area contributed by atoms with Crippen LogP contribution in [0.5, 0.6) is 0 Å². The average molecular weight is 339 g/mol. The Morgan fingerprint density at radius 3 is 2.58 bits per heavy atom. The van der Waals surface area contributed by atoms with Crippen molar-refractivity contribution in [2.75, 3.05) is 0 Å². The maximum atomic E-state index is 12.3. The van der Waals surface area contributed by atoms with Gasteiger partial charge in [-0.25, -0.2) is 0 Å². The lowest BCUT2D eigenvalue weighted by Gasteiger charge is -2.09. The van der Waals surface area contributed by atoms with Gasteiger partial charge in [0.15, 0.2) is 0 Å². The number of nitrogens with zero attached hydrogens (tertiary/aromatic N) is 1. The molecule has 0 saturated heterocycles. The zero-order chi connectivity index (χ0) is 16.7. The molecule has 1 fully saturated rings. The molecule has 1 amide bonds. The van der Waals surface area contributed by atoms with Crippen molar-refractivity contribution >= 4 is 28.4 Å². The molecule has 1 saturated carbocycles. The van der Waals surface area contributed by atoms with Gasteiger partial charge in [0.2, 0.25) is 0 Å². The lowest BCUT2D eigenvalue weighted by atomic mass is 10.0. The highest BCUT2D eigenvalue weighted by Crippen LogP contribution is 2.36. The summed E-state index contributed by atoms with van der Waals surface area (Å²) < 4.78 is 2.10. The molecule has 0 aliphatic heterocycles. The average Bonchev–Trinajstić information content (AvgIpc) is 3.33. The van der Waals surface area contributed by atoms with Crippen LogP contribution >= 0.6 is 11.6 Å². The number of aromatic nitrogens is 1. The molecule has 0 bridgehead atoms. The van der Waals surface area contributed by atoms with E-state index in [0.29, 0.717) is 23.1 Å². The first-order valence-electron chi connectivity index (χ1n) is 8.28. The first-order chi connectivity index (χ1) is 11.6. The van der Waals surface area contributed by atoms with Crippen LogP contribution in [-0.4, -0.2) is 10.5 Å². The SMILES string of the molecule is NC(=O)c1c(Cc2ccccc2)c2cc(Cl)ccc2n1CC1CC1. The van der Waals surface area contributed by atoms with Gasteiger partial charge >= 0.3 is 0 Å². The van der Waals surface area contributed by atoms with Gasteiger partial charge in [0.25, 0.3) is 5.91 Å². The summed E-state index contributed by atoms with van der Waals surface area (Å²) >= 11 is 6.23. The van der Waals surface area contributed by atoms with Gasteiger partial charge in [-0.05, 0) is 48.1 Å². The highest BCUT2D eigenvalue weighted by atomic mass is 35.5. The number of benzene rings is 2. The first-order valence-corrected chi connectivity index (χ1v) is 8.65. The number of hydrogen-bond donors (Lipinski definition) is 1. The van der Waals surface area contributed by atoms with Crippen molar-refractivity contribution in [3.8, 4) is 0 Å². The molecular formula is C20H19ClN2O. The summed E-state index contributed by atoms with van der Waals surface area (Å²) in [4.78, 5) is 12.3. The topological polar surface area (TPSA) is 48.0 Å². The zero-order valence-corrected chi connectivity index (χ0v) is 14.1. The number of halogens is 1. The lowest BCUT2D eigenvalue weighted by Crippen LogP contribution is -2.19. The van der Waals surface area contributed by atoms with Crippen LogP contribution in [0.3, 0.4) is 0 Å². The van der Waals surface area contributed by atoms with E-state index >= 15 is 0 Å². The maximum Gasteiger partial charge on any atom is 0.265 e. The Hall–Kier alpha value is -2.26. The predicted octanol–water partition coefficient (Wildman–Crippen LogP) is 4.39. The minimum atomic E-state index is -0.367. The van der Waals surface area contributed by atoms with E-state index < -0.39 is 0 Å². The van der Waals surface area contributed by atoms with Gasteiger partial charge in [0, 0.05) is 28.9 Å². The van der Waals surface area contributed by atoms with E-state index in [2.05, 4.69) is 16.7 Å². The Bertz CT molecular complexity index is 910. The maximum absolute atomic E-state index is 12.3. The molecule has 1 aliphatic carbocycles.